The summed E-state index contributed by atoms with van der Waals surface area (Å²) in [4.78, 5) is 22.7. The van der Waals surface area contributed by atoms with Gasteiger partial charge in [-0.2, -0.15) is 5.10 Å². The Labute approximate surface area is 179 Å². The molecule has 0 amide bonds. The highest BCUT2D eigenvalue weighted by Crippen LogP contribution is 2.26. The fraction of sp³-hybridized carbons (Fsp3) is 0.286. The molecular weight excluding hydrogens is 400 g/mol. The zero-order chi connectivity index (χ0) is 20.7. The van der Waals surface area contributed by atoms with Crippen molar-refractivity contribution in [3.05, 3.63) is 59.3 Å². The molecule has 1 aliphatic heterocycles. The first-order valence-electron chi connectivity index (χ1n) is 9.85. The zero-order valence-corrected chi connectivity index (χ0v) is 17.6. The van der Waals surface area contributed by atoms with Gasteiger partial charge in [0.25, 0.3) is 0 Å². The van der Waals surface area contributed by atoms with E-state index in [9.17, 15) is 0 Å². The smallest absolute Gasteiger partial charge is 0.225 e. The van der Waals surface area contributed by atoms with Crippen LogP contribution in [-0.2, 0) is 0 Å². The number of rotatable bonds is 3. The number of hydrogen-bond acceptors (Lipinski definition) is 7. The Morgan fingerprint density at radius 3 is 2.37 bits per heavy atom. The Morgan fingerprint density at radius 2 is 1.63 bits per heavy atom. The molecule has 1 aromatic carbocycles. The molecular formula is C21H21ClN8. The second kappa shape index (κ2) is 7.53. The molecule has 3 aromatic heterocycles. The molecule has 0 atom stereocenters. The number of hydrogen-bond donors (Lipinski definition) is 0. The molecule has 0 aliphatic carbocycles. The predicted octanol–water partition coefficient (Wildman–Crippen LogP) is 3.20. The summed E-state index contributed by atoms with van der Waals surface area (Å²) in [5.74, 6) is 1.70. The molecule has 0 saturated carbocycles. The number of piperazine rings is 1. The van der Waals surface area contributed by atoms with Crippen LogP contribution in [0, 0.1) is 13.8 Å². The number of aromatic nitrogens is 6. The van der Waals surface area contributed by atoms with E-state index in [-0.39, 0.29) is 0 Å². The van der Waals surface area contributed by atoms with Gasteiger partial charge in [-0.3, -0.25) is 0 Å². The van der Waals surface area contributed by atoms with Crippen LogP contribution in [0.2, 0.25) is 5.02 Å². The summed E-state index contributed by atoms with van der Waals surface area (Å²) >= 11 is 6.15. The minimum Gasteiger partial charge on any atom is -0.352 e. The first-order chi connectivity index (χ1) is 14.6. The Bertz CT molecular complexity index is 1190. The lowest BCUT2D eigenvalue weighted by atomic mass is 10.2. The molecule has 1 saturated heterocycles. The van der Waals surface area contributed by atoms with Crippen LogP contribution >= 0.6 is 11.6 Å². The van der Waals surface area contributed by atoms with Crippen molar-refractivity contribution >= 4 is 34.4 Å². The molecule has 0 bridgehead atoms. The largest absolute Gasteiger partial charge is 0.352 e. The average molecular weight is 421 g/mol. The summed E-state index contributed by atoms with van der Waals surface area (Å²) in [5, 5.41) is 6.13. The average Bonchev–Trinajstić information content (AvgIpc) is 3.17. The van der Waals surface area contributed by atoms with E-state index < -0.39 is 0 Å². The fourth-order valence-electron chi connectivity index (χ4n) is 3.85. The van der Waals surface area contributed by atoms with E-state index in [1.54, 1.807) is 11.0 Å². The third-order valence-corrected chi connectivity index (χ3v) is 5.47. The first-order valence-corrected chi connectivity index (χ1v) is 10.2. The van der Waals surface area contributed by atoms with Crippen molar-refractivity contribution in [1.29, 1.82) is 0 Å². The zero-order valence-electron chi connectivity index (χ0n) is 16.8. The summed E-state index contributed by atoms with van der Waals surface area (Å²) in [6.07, 6.45) is 3.42. The number of benzene rings is 1. The van der Waals surface area contributed by atoms with Crippen LogP contribution in [0.5, 0.6) is 0 Å². The van der Waals surface area contributed by atoms with Gasteiger partial charge in [-0.1, -0.05) is 17.7 Å². The van der Waals surface area contributed by atoms with Crippen molar-refractivity contribution in [2.24, 2.45) is 0 Å². The molecule has 152 valence electrons. The topological polar surface area (TPSA) is 75.9 Å². The third kappa shape index (κ3) is 3.43. The van der Waals surface area contributed by atoms with E-state index in [4.69, 9.17) is 11.6 Å². The van der Waals surface area contributed by atoms with Gasteiger partial charge in [-0.15, -0.1) is 0 Å². The Kier molecular flexibility index (Phi) is 4.71. The normalized spacial score (nSPS) is 14.5. The van der Waals surface area contributed by atoms with Gasteiger partial charge < -0.3 is 9.80 Å². The van der Waals surface area contributed by atoms with Crippen molar-refractivity contribution < 1.29 is 0 Å². The van der Waals surface area contributed by atoms with Crippen LogP contribution in [0.1, 0.15) is 11.4 Å². The lowest BCUT2D eigenvalue weighted by Gasteiger charge is -2.35. The molecule has 1 fully saturated rings. The summed E-state index contributed by atoms with van der Waals surface area (Å²) in [7, 11) is 0. The van der Waals surface area contributed by atoms with Crippen molar-refractivity contribution in [2.45, 2.75) is 13.8 Å². The fourth-order valence-corrected chi connectivity index (χ4v) is 4.03. The van der Waals surface area contributed by atoms with Gasteiger partial charge in [0.05, 0.1) is 17.3 Å². The van der Waals surface area contributed by atoms with Gasteiger partial charge in [0, 0.05) is 42.6 Å². The highest BCUT2D eigenvalue weighted by Gasteiger charge is 2.23. The van der Waals surface area contributed by atoms with Crippen molar-refractivity contribution in [1.82, 2.24) is 29.7 Å². The maximum atomic E-state index is 6.15. The highest BCUT2D eigenvalue weighted by molar-refractivity contribution is 6.30. The maximum absolute atomic E-state index is 6.15. The second-order valence-electron chi connectivity index (χ2n) is 7.40. The first kappa shape index (κ1) is 18.7. The molecule has 8 nitrogen and oxygen atoms in total. The summed E-state index contributed by atoms with van der Waals surface area (Å²) in [5.41, 5.74) is 3.62. The van der Waals surface area contributed by atoms with Gasteiger partial charge in [-0.25, -0.2) is 24.6 Å². The van der Waals surface area contributed by atoms with E-state index in [0.29, 0.717) is 5.02 Å². The third-order valence-electron chi connectivity index (χ3n) is 5.23. The number of nitrogens with zero attached hydrogens (tertiary/aromatic N) is 8. The second-order valence-corrected chi connectivity index (χ2v) is 7.83. The van der Waals surface area contributed by atoms with Crippen LogP contribution in [-0.4, -0.2) is 55.9 Å². The molecule has 0 unspecified atom stereocenters. The van der Waals surface area contributed by atoms with Crippen molar-refractivity contribution in [3.63, 3.8) is 0 Å². The lowest BCUT2D eigenvalue weighted by molar-refractivity contribution is 0.634. The quantitative estimate of drug-likeness (QED) is 0.503. The lowest BCUT2D eigenvalue weighted by Crippen LogP contribution is -2.47. The molecule has 9 heteroatoms. The van der Waals surface area contributed by atoms with Crippen molar-refractivity contribution in [2.75, 3.05) is 36.0 Å². The Morgan fingerprint density at radius 1 is 0.900 bits per heavy atom. The van der Waals surface area contributed by atoms with Gasteiger partial charge in [0.2, 0.25) is 5.95 Å². The van der Waals surface area contributed by atoms with Gasteiger partial charge in [0.1, 0.15) is 12.1 Å². The maximum Gasteiger partial charge on any atom is 0.225 e. The van der Waals surface area contributed by atoms with Crippen LogP contribution in [0.15, 0.2) is 42.9 Å². The SMILES string of the molecule is Cc1cc(C)nc(N2CCN(c3ncnc4c3cnn4-c3cccc(Cl)c3)CC2)n1. The molecule has 0 N–H and O–H groups in total. The molecule has 5 rings (SSSR count). The van der Waals surface area contributed by atoms with Gasteiger partial charge >= 0.3 is 0 Å². The monoisotopic (exact) mass is 420 g/mol. The predicted molar refractivity (Wildman–Crippen MR) is 118 cm³/mol. The van der Waals surface area contributed by atoms with E-state index in [1.807, 2.05) is 50.4 Å². The van der Waals surface area contributed by atoms with Gasteiger partial charge in [0.15, 0.2) is 5.65 Å². The highest BCUT2D eigenvalue weighted by atomic mass is 35.5. The van der Waals surface area contributed by atoms with Crippen molar-refractivity contribution in [3.8, 4) is 5.69 Å². The molecule has 30 heavy (non-hydrogen) atoms. The number of fused-ring (bicyclic) bond motifs is 1. The minimum atomic E-state index is 0.662. The minimum absolute atomic E-state index is 0.662. The van der Waals surface area contributed by atoms with Crippen LogP contribution in [0.25, 0.3) is 16.7 Å². The standard InChI is InChI=1S/C21H21ClN8/c1-14-10-15(2)27-21(26-14)29-8-6-28(7-9-29)19-18-12-25-30(20(18)24-13-23-19)17-5-3-4-16(22)11-17/h3-5,10-13H,6-9H2,1-2H3. The Balaban J connectivity index is 1.41. The number of anilines is 2. The number of aryl methyl sites for hydroxylation is 2. The number of halogens is 1. The molecule has 1 aliphatic rings. The van der Waals surface area contributed by atoms with E-state index >= 15 is 0 Å². The molecule has 0 radical (unpaired) electrons. The van der Waals surface area contributed by atoms with Crippen LogP contribution in [0.4, 0.5) is 11.8 Å². The molecule has 4 aromatic rings. The van der Waals surface area contributed by atoms with E-state index in [2.05, 4.69) is 34.8 Å². The van der Waals surface area contributed by atoms with E-state index in [0.717, 1.165) is 66.1 Å². The van der Waals surface area contributed by atoms with Crippen LogP contribution < -0.4 is 9.80 Å². The Hall–Kier alpha value is -3.26. The van der Waals surface area contributed by atoms with Gasteiger partial charge in [-0.05, 0) is 38.1 Å². The summed E-state index contributed by atoms with van der Waals surface area (Å²) in [6.45, 7) is 7.32. The summed E-state index contributed by atoms with van der Waals surface area (Å²) < 4.78 is 1.80. The van der Waals surface area contributed by atoms with Crippen LogP contribution in [0.3, 0.4) is 0 Å². The van der Waals surface area contributed by atoms with E-state index in [1.165, 1.54) is 0 Å². The molecule has 0 spiro atoms. The summed E-state index contributed by atoms with van der Waals surface area (Å²) in [6, 6.07) is 9.58. The molecule has 4 heterocycles.